The minimum Gasteiger partial charge on any atom is -0.497 e. The molecule has 2 nitrogen and oxygen atoms in total. The van der Waals surface area contributed by atoms with Gasteiger partial charge in [-0.1, -0.05) is 47.6 Å². The van der Waals surface area contributed by atoms with Crippen LogP contribution in [0.5, 0.6) is 11.5 Å². The van der Waals surface area contributed by atoms with E-state index in [4.69, 9.17) is 21.1 Å². The fourth-order valence-electron chi connectivity index (χ4n) is 4.63. The number of hydrogen-bond donors (Lipinski definition) is 0. The minimum absolute atomic E-state index is 0.308. The maximum Gasteiger partial charge on any atom is 0.122 e. The molecule has 0 radical (unpaired) electrons. The van der Waals surface area contributed by atoms with Gasteiger partial charge in [0.1, 0.15) is 11.5 Å². The summed E-state index contributed by atoms with van der Waals surface area (Å²) in [5, 5.41) is 0. The molecule has 0 saturated carbocycles. The third kappa shape index (κ3) is 5.74. The van der Waals surface area contributed by atoms with E-state index < -0.39 is 0 Å². The molecule has 31 heavy (non-hydrogen) atoms. The summed E-state index contributed by atoms with van der Waals surface area (Å²) in [6, 6.07) is 16.8. The fraction of sp³-hybridized carbons (Fsp3) is 0.429. The van der Waals surface area contributed by atoms with Gasteiger partial charge in [0.2, 0.25) is 0 Å². The van der Waals surface area contributed by atoms with Gasteiger partial charge in [-0.3, -0.25) is 0 Å². The molecule has 0 aromatic heterocycles. The molecule has 0 aliphatic heterocycles. The highest BCUT2D eigenvalue weighted by Gasteiger charge is 2.38. The van der Waals surface area contributed by atoms with Crippen LogP contribution in [0.4, 0.5) is 0 Å². The lowest BCUT2D eigenvalue weighted by molar-refractivity contribution is 0.392. The van der Waals surface area contributed by atoms with E-state index in [1.807, 2.05) is 6.07 Å². The summed E-state index contributed by atoms with van der Waals surface area (Å²) in [6.45, 7) is 6.62. The second kappa shape index (κ2) is 10.4. The summed E-state index contributed by atoms with van der Waals surface area (Å²) in [6.07, 6.45) is 7.61. The van der Waals surface area contributed by atoms with Crippen LogP contribution >= 0.6 is 11.6 Å². The molecule has 166 valence electrons. The van der Waals surface area contributed by atoms with Crippen LogP contribution in [-0.4, -0.2) is 19.1 Å². The van der Waals surface area contributed by atoms with Crippen LogP contribution in [0.1, 0.15) is 51.2 Å². The molecule has 0 saturated heterocycles. The van der Waals surface area contributed by atoms with Gasteiger partial charge in [-0.05, 0) is 81.7 Å². The Bertz CT molecular complexity index is 918. The third-order valence-electron chi connectivity index (χ3n) is 6.73. The van der Waals surface area contributed by atoms with Gasteiger partial charge in [0.25, 0.3) is 0 Å². The lowest BCUT2D eigenvalue weighted by Gasteiger charge is -2.39. The number of methoxy groups -OCH3 is 2. The molecule has 3 rings (SSSR count). The number of aryl methyl sites for hydroxylation is 2. The third-order valence-corrected chi connectivity index (χ3v) is 7.29. The summed E-state index contributed by atoms with van der Waals surface area (Å²) in [4.78, 5) is -0.351. The molecule has 2 aromatic carbocycles. The highest BCUT2D eigenvalue weighted by atomic mass is 35.5. The highest BCUT2D eigenvalue weighted by molar-refractivity contribution is 6.26. The zero-order valence-electron chi connectivity index (χ0n) is 19.5. The van der Waals surface area contributed by atoms with Crippen molar-refractivity contribution in [3.8, 4) is 11.5 Å². The Labute approximate surface area is 192 Å². The van der Waals surface area contributed by atoms with Crippen molar-refractivity contribution in [3.63, 3.8) is 0 Å². The van der Waals surface area contributed by atoms with Gasteiger partial charge in [-0.25, -0.2) is 0 Å². The molecular weight excluding hydrogens is 404 g/mol. The van der Waals surface area contributed by atoms with Crippen LogP contribution in [0.15, 0.2) is 71.3 Å². The standard InChI is InChI=1S/C28H35ClO2/c1-20-16-24(13-9-12-22-10-7-6-8-11-22)21(2)27(28(20,3)29)15-14-23-17-25(30-4)19-26(18-23)31-5/h6-8,10-11,16-19,27H,9,12-15H2,1-5H3. The van der Waals surface area contributed by atoms with Gasteiger partial charge in [0.05, 0.1) is 19.1 Å². The van der Waals surface area contributed by atoms with E-state index in [0.717, 1.165) is 43.6 Å². The van der Waals surface area contributed by atoms with Crippen LogP contribution in [0.25, 0.3) is 0 Å². The first kappa shape index (κ1) is 23.5. The zero-order chi connectivity index (χ0) is 22.4. The van der Waals surface area contributed by atoms with E-state index in [-0.39, 0.29) is 4.87 Å². The second-order valence-electron chi connectivity index (χ2n) is 8.76. The molecule has 0 bridgehead atoms. The van der Waals surface area contributed by atoms with Crippen molar-refractivity contribution >= 4 is 11.6 Å². The lowest BCUT2D eigenvalue weighted by Crippen LogP contribution is -2.34. The summed E-state index contributed by atoms with van der Waals surface area (Å²) >= 11 is 7.11. The second-order valence-corrected chi connectivity index (χ2v) is 9.55. The Morgan fingerprint density at radius 2 is 1.52 bits per heavy atom. The van der Waals surface area contributed by atoms with Gasteiger partial charge in [0, 0.05) is 12.0 Å². The highest BCUT2D eigenvalue weighted by Crippen LogP contribution is 2.45. The average molecular weight is 439 g/mol. The number of benzene rings is 2. The molecule has 2 atom stereocenters. The van der Waals surface area contributed by atoms with E-state index in [2.05, 4.69) is 69.3 Å². The maximum atomic E-state index is 7.11. The number of ether oxygens (including phenoxy) is 2. The summed E-state index contributed by atoms with van der Waals surface area (Å²) in [5.41, 5.74) is 6.78. The Morgan fingerprint density at radius 3 is 2.13 bits per heavy atom. The number of halogens is 1. The molecule has 3 heteroatoms. The molecule has 1 aliphatic rings. The summed E-state index contributed by atoms with van der Waals surface area (Å²) in [5.74, 6) is 1.97. The van der Waals surface area contributed by atoms with Crippen LogP contribution in [0.2, 0.25) is 0 Å². The molecule has 0 N–H and O–H groups in total. The van der Waals surface area contributed by atoms with E-state index >= 15 is 0 Å². The predicted molar refractivity (Wildman–Crippen MR) is 131 cm³/mol. The van der Waals surface area contributed by atoms with Gasteiger partial charge < -0.3 is 9.47 Å². The Morgan fingerprint density at radius 1 is 0.871 bits per heavy atom. The number of rotatable bonds is 9. The SMILES string of the molecule is COc1cc(CCC2C(C)=C(CCCc3ccccc3)C=C(C)C2(C)Cl)cc(OC)c1. The minimum atomic E-state index is -0.351. The molecule has 0 amide bonds. The van der Waals surface area contributed by atoms with Crippen LogP contribution in [-0.2, 0) is 12.8 Å². The zero-order valence-corrected chi connectivity index (χ0v) is 20.3. The predicted octanol–water partition coefficient (Wildman–Crippen LogP) is 7.55. The molecule has 0 fully saturated rings. The van der Waals surface area contributed by atoms with E-state index in [9.17, 15) is 0 Å². The van der Waals surface area contributed by atoms with Gasteiger partial charge >= 0.3 is 0 Å². The van der Waals surface area contributed by atoms with E-state index in [0.29, 0.717) is 5.92 Å². The van der Waals surface area contributed by atoms with Gasteiger partial charge in [0.15, 0.2) is 0 Å². The average Bonchev–Trinajstić information content (AvgIpc) is 2.77. The van der Waals surface area contributed by atoms with Crippen molar-refractivity contribution in [1.29, 1.82) is 0 Å². The topological polar surface area (TPSA) is 18.5 Å². The fourth-order valence-corrected chi connectivity index (χ4v) is 4.96. The largest absolute Gasteiger partial charge is 0.497 e. The van der Waals surface area contributed by atoms with Crippen molar-refractivity contribution in [2.45, 2.75) is 57.7 Å². The Kier molecular flexibility index (Phi) is 7.89. The van der Waals surface area contributed by atoms with Crippen LogP contribution in [0.3, 0.4) is 0 Å². The van der Waals surface area contributed by atoms with Crippen molar-refractivity contribution in [2.24, 2.45) is 5.92 Å². The van der Waals surface area contributed by atoms with Crippen molar-refractivity contribution in [1.82, 2.24) is 0 Å². The molecule has 2 unspecified atom stereocenters. The first-order chi connectivity index (χ1) is 14.8. The monoisotopic (exact) mass is 438 g/mol. The smallest absolute Gasteiger partial charge is 0.122 e. The van der Waals surface area contributed by atoms with Gasteiger partial charge in [-0.15, -0.1) is 11.6 Å². The van der Waals surface area contributed by atoms with Crippen molar-refractivity contribution < 1.29 is 9.47 Å². The molecular formula is C28H35ClO2. The Hall–Kier alpha value is -2.19. The maximum absolute atomic E-state index is 7.11. The van der Waals surface area contributed by atoms with E-state index in [1.54, 1.807) is 14.2 Å². The first-order valence-corrected chi connectivity index (χ1v) is 11.6. The first-order valence-electron chi connectivity index (χ1n) is 11.2. The molecule has 2 aromatic rings. The lowest BCUT2D eigenvalue weighted by atomic mass is 9.72. The van der Waals surface area contributed by atoms with Crippen LogP contribution in [0, 0.1) is 5.92 Å². The summed E-state index contributed by atoms with van der Waals surface area (Å²) < 4.78 is 10.9. The number of alkyl halides is 1. The number of allylic oxidation sites excluding steroid dienone is 4. The quantitative estimate of drug-likeness (QED) is 0.376. The van der Waals surface area contributed by atoms with Gasteiger partial charge in [-0.2, -0.15) is 0 Å². The molecule has 0 heterocycles. The summed E-state index contributed by atoms with van der Waals surface area (Å²) in [7, 11) is 3.39. The molecule has 0 spiro atoms. The van der Waals surface area contributed by atoms with Crippen LogP contribution < -0.4 is 9.47 Å². The van der Waals surface area contributed by atoms with E-state index in [1.165, 1.54) is 27.8 Å². The normalized spacial score (nSPS) is 21.1. The van der Waals surface area contributed by atoms with Crippen molar-refractivity contribution in [2.75, 3.05) is 14.2 Å². The molecule has 1 aliphatic carbocycles. The van der Waals surface area contributed by atoms with Crippen molar-refractivity contribution in [3.05, 3.63) is 82.5 Å². The number of hydrogen-bond acceptors (Lipinski definition) is 2. The Balaban J connectivity index is 1.73.